The summed E-state index contributed by atoms with van der Waals surface area (Å²) in [4.78, 5) is 0. The summed E-state index contributed by atoms with van der Waals surface area (Å²) in [7, 11) is 9.40. The molecular weight excluding hydrogens is 336 g/mol. The summed E-state index contributed by atoms with van der Waals surface area (Å²) >= 11 is 0.569. The van der Waals surface area contributed by atoms with E-state index in [1.807, 2.05) is 0 Å². The first kappa shape index (κ1) is 23.3. The first-order valence-electron chi connectivity index (χ1n) is 8.35. The van der Waals surface area contributed by atoms with E-state index in [0.717, 1.165) is 6.54 Å². The zero-order valence-electron chi connectivity index (χ0n) is 13.3. The van der Waals surface area contributed by atoms with Crippen LogP contribution in [-0.2, 0) is 12.7 Å². The van der Waals surface area contributed by atoms with Gasteiger partial charge in [0.2, 0.25) is 0 Å². The van der Waals surface area contributed by atoms with Gasteiger partial charge < -0.3 is 5.73 Å². The summed E-state index contributed by atoms with van der Waals surface area (Å²) in [5.41, 5.74) is 5.47. The van der Waals surface area contributed by atoms with E-state index in [0.29, 0.717) is 12.7 Å². The van der Waals surface area contributed by atoms with Crippen molar-refractivity contribution in [2.45, 2.75) is 96.8 Å². The van der Waals surface area contributed by atoms with Gasteiger partial charge in [0, 0.05) is 0 Å². The second-order valence-corrected chi connectivity index (χ2v) is 7.06. The molecule has 0 radical (unpaired) electrons. The Kier molecular flexibility index (Phi) is 29.1. The predicted molar refractivity (Wildman–Crippen MR) is 91.1 cm³/mol. The van der Waals surface area contributed by atoms with Gasteiger partial charge in [0.15, 0.2) is 0 Å². The van der Waals surface area contributed by atoms with E-state index < -0.39 is 0 Å². The molecule has 0 rings (SSSR count). The molecule has 0 aromatic heterocycles. The molecule has 0 heterocycles. The van der Waals surface area contributed by atoms with Crippen LogP contribution >= 0.6 is 20.4 Å². The van der Waals surface area contributed by atoms with E-state index in [9.17, 15) is 0 Å². The molecule has 0 unspecified atom stereocenters. The third-order valence-corrected chi connectivity index (χ3v) is 3.56. The molecule has 20 heavy (non-hydrogen) atoms. The van der Waals surface area contributed by atoms with Gasteiger partial charge in [-0.05, 0) is 13.0 Å². The normalized spacial score (nSPS) is 10.4. The van der Waals surface area contributed by atoms with Crippen molar-refractivity contribution in [3.63, 3.8) is 0 Å². The molecule has 0 atom stereocenters. The molecular formula is C16H35Cl2NNi. The molecule has 0 saturated heterocycles. The molecule has 0 aliphatic carbocycles. The summed E-state index contributed by atoms with van der Waals surface area (Å²) in [5.74, 6) is 0. The van der Waals surface area contributed by atoms with Crippen LogP contribution in [0.1, 0.15) is 96.8 Å². The van der Waals surface area contributed by atoms with Crippen molar-refractivity contribution in [3.8, 4) is 0 Å². The molecule has 0 spiro atoms. The third kappa shape index (κ3) is 27.4. The molecule has 128 valence electrons. The van der Waals surface area contributed by atoms with E-state index in [2.05, 4.69) is 6.92 Å². The van der Waals surface area contributed by atoms with E-state index in [4.69, 9.17) is 26.1 Å². The molecule has 2 N–H and O–H groups in total. The van der Waals surface area contributed by atoms with Gasteiger partial charge in [-0.1, -0.05) is 90.4 Å². The van der Waals surface area contributed by atoms with Crippen LogP contribution in [-0.4, -0.2) is 6.54 Å². The average Bonchev–Trinajstić information content (AvgIpc) is 2.45. The van der Waals surface area contributed by atoms with Crippen molar-refractivity contribution < 1.29 is 12.7 Å². The molecule has 1 nitrogen and oxygen atoms in total. The van der Waals surface area contributed by atoms with Gasteiger partial charge in [-0.2, -0.15) is 0 Å². The fraction of sp³-hybridized carbons (Fsp3) is 1.00. The van der Waals surface area contributed by atoms with Crippen LogP contribution in [0, 0.1) is 0 Å². The zero-order valence-corrected chi connectivity index (χ0v) is 15.8. The minimum absolute atomic E-state index is 0.569. The maximum atomic E-state index is 5.47. The summed E-state index contributed by atoms with van der Waals surface area (Å²) < 4.78 is 0. The maximum absolute atomic E-state index is 5.47. The molecule has 0 aliphatic rings. The van der Waals surface area contributed by atoms with Crippen LogP contribution in [0.4, 0.5) is 0 Å². The van der Waals surface area contributed by atoms with Gasteiger partial charge in [-0.25, -0.2) is 0 Å². The predicted octanol–water partition coefficient (Wildman–Crippen LogP) is 6.80. The summed E-state index contributed by atoms with van der Waals surface area (Å²) in [6, 6.07) is 0. The third-order valence-electron chi connectivity index (χ3n) is 3.56. The van der Waals surface area contributed by atoms with Crippen LogP contribution in [0.3, 0.4) is 0 Å². The number of halogens is 2. The van der Waals surface area contributed by atoms with Gasteiger partial charge in [-0.15, -0.1) is 0 Å². The Morgan fingerprint density at radius 2 is 0.850 bits per heavy atom. The Balaban J connectivity index is 0. The van der Waals surface area contributed by atoms with Crippen molar-refractivity contribution in [1.82, 2.24) is 0 Å². The van der Waals surface area contributed by atoms with Gasteiger partial charge in [-0.3, -0.25) is 0 Å². The second kappa shape index (κ2) is 25.0. The quantitative estimate of drug-likeness (QED) is 0.264. The van der Waals surface area contributed by atoms with Crippen molar-refractivity contribution >= 4 is 20.4 Å². The molecule has 0 aliphatic heterocycles. The summed E-state index contributed by atoms with van der Waals surface area (Å²) in [6.45, 7) is 3.16. The fourth-order valence-corrected chi connectivity index (χ4v) is 2.34. The molecule has 0 fully saturated rings. The molecule has 0 saturated carbocycles. The number of rotatable bonds is 14. The fourth-order valence-electron chi connectivity index (χ4n) is 2.34. The Labute approximate surface area is 142 Å². The van der Waals surface area contributed by atoms with Crippen LogP contribution in [0.5, 0.6) is 0 Å². The van der Waals surface area contributed by atoms with Gasteiger partial charge >= 0.3 is 33.0 Å². The Morgan fingerprint density at radius 1 is 0.600 bits per heavy atom. The van der Waals surface area contributed by atoms with Crippen molar-refractivity contribution in [1.29, 1.82) is 0 Å². The Hall–Kier alpha value is 1.03. The topological polar surface area (TPSA) is 26.0 Å². The van der Waals surface area contributed by atoms with Crippen LogP contribution in [0.2, 0.25) is 0 Å². The number of hydrogen-bond acceptors (Lipinski definition) is 1. The Morgan fingerprint density at radius 3 is 1.10 bits per heavy atom. The van der Waals surface area contributed by atoms with Crippen LogP contribution < -0.4 is 5.73 Å². The van der Waals surface area contributed by atoms with Crippen LogP contribution in [0.15, 0.2) is 0 Å². The summed E-state index contributed by atoms with van der Waals surface area (Å²) in [5, 5.41) is 0. The molecule has 0 aromatic rings. The average molecular weight is 371 g/mol. The van der Waals surface area contributed by atoms with Gasteiger partial charge in [0.25, 0.3) is 0 Å². The van der Waals surface area contributed by atoms with E-state index in [1.54, 1.807) is 0 Å². The van der Waals surface area contributed by atoms with E-state index in [-0.39, 0.29) is 0 Å². The van der Waals surface area contributed by atoms with Crippen molar-refractivity contribution in [2.24, 2.45) is 5.73 Å². The minimum atomic E-state index is 0.569. The molecule has 0 bridgehead atoms. The molecule has 0 aromatic carbocycles. The first-order chi connectivity index (χ1) is 9.83. The van der Waals surface area contributed by atoms with Crippen LogP contribution in [0.25, 0.3) is 0 Å². The second-order valence-electron chi connectivity index (χ2n) is 5.43. The monoisotopic (exact) mass is 369 g/mol. The van der Waals surface area contributed by atoms with Gasteiger partial charge in [0.05, 0.1) is 0 Å². The van der Waals surface area contributed by atoms with E-state index in [1.165, 1.54) is 89.9 Å². The van der Waals surface area contributed by atoms with E-state index >= 15 is 0 Å². The molecule has 0 amide bonds. The zero-order chi connectivity index (χ0) is 15.3. The van der Waals surface area contributed by atoms with Crippen molar-refractivity contribution in [3.05, 3.63) is 0 Å². The number of nitrogens with two attached hydrogens (primary N) is 1. The SMILES string of the molecule is CCCCCCCCCCCCCCCCN.[Cl][Ni][Cl]. The Bertz CT molecular complexity index is 134. The summed E-state index contributed by atoms with van der Waals surface area (Å²) in [6.07, 6.45) is 19.9. The standard InChI is InChI=1S/C16H35N.2ClH.Ni/c1-2-3-4-5-6-7-8-9-10-11-12-13-14-15-16-17;;;/h2-17H2,1H3;2*1H;/q;;;+2/p-2. The molecule has 4 heteroatoms. The first-order valence-corrected chi connectivity index (χ1v) is 11.1. The van der Waals surface area contributed by atoms with Gasteiger partial charge in [0.1, 0.15) is 0 Å². The number of unbranched alkanes of at least 4 members (excludes halogenated alkanes) is 13. The van der Waals surface area contributed by atoms with Crippen molar-refractivity contribution in [2.75, 3.05) is 6.54 Å². The number of hydrogen-bond donors (Lipinski definition) is 1.